The van der Waals surface area contributed by atoms with E-state index in [4.69, 9.17) is 10.5 Å². The van der Waals surface area contributed by atoms with Crippen LogP contribution in [0.4, 0.5) is 10.3 Å². The molecule has 1 fully saturated rings. The molecular weight excluding hydrogens is 233 g/mol. The Morgan fingerprint density at radius 3 is 3.17 bits per heavy atom. The fraction of sp³-hybridized carbons (Fsp3) is 0.462. The molecule has 0 amide bonds. The van der Waals surface area contributed by atoms with Gasteiger partial charge in [-0.25, -0.2) is 9.37 Å². The number of aromatic nitrogens is 2. The highest BCUT2D eigenvalue weighted by Gasteiger charge is 2.17. The molecule has 0 radical (unpaired) electrons. The molecule has 5 heteroatoms. The standard InChI is InChI=1S/C13H16FN3O/c14-10-1-2-11-12(7-10)17(13(15)16-11)5-3-9-4-6-18-8-9/h1-2,7,9H,3-6,8H2,(H2,15,16). The number of benzene rings is 1. The van der Waals surface area contributed by atoms with Crippen LogP contribution in [0.1, 0.15) is 12.8 Å². The molecule has 0 spiro atoms. The van der Waals surface area contributed by atoms with E-state index in [0.717, 1.165) is 43.6 Å². The van der Waals surface area contributed by atoms with Crippen LogP contribution in [-0.4, -0.2) is 22.8 Å². The summed E-state index contributed by atoms with van der Waals surface area (Å²) in [7, 11) is 0. The van der Waals surface area contributed by atoms with Gasteiger partial charge in [0.05, 0.1) is 11.0 Å². The topological polar surface area (TPSA) is 53.1 Å². The second kappa shape index (κ2) is 4.57. The van der Waals surface area contributed by atoms with Gasteiger partial charge in [0.15, 0.2) is 0 Å². The van der Waals surface area contributed by atoms with E-state index in [-0.39, 0.29) is 5.82 Å². The van der Waals surface area contributed by atoms with Crippen molar-refractivity contribution in [1.29, 1.82) is 0 Å². The van der Waals surface area contributed by atoms with Crippen molar-refractivity contribution in [2.24, 2.45) is 5.92 Å². The maximum Gasteiger partial charge on any atom is 0.201 e. The van der Waals surface area contributed by atoms with Gasteiger partial charge in [0.1, 0.15) is 5.82 Å². The lowest BCUT2D eigenvalue weighted by Gasteiger charge is -2.10. The number of nitrogens with zero attached hydrogens (tertiary/aromatic N) is 2. The fourth-order valence-corrected chi connectivity index (χ4v) is 2.47. The summed E-state index contributed by atoms with van der Waals surface area (Å²) in [6.45, 7) is 2.43. The minimum atomic E-state index is -0.257. The van der Waals surface area contributed by atoms with Gasteiger partial charge in [-0.1, -0.05) is 0 Å². The molecular formula is C13H16FN3O. The first-order valence-electron chi connectivity index (χ1n) is 6.23. The smallest absolute Gasteiger partial charge is 0.201 e. The van der Waals surface area contributed by atoms with Crippen molar-refractivity contribution in [3.05, 3.63) is 24.0 Å². The van der Waals surface area contributed by atoms with Crippen LogP contribution in [0.5, 0.6) is 0 Å². The summed E-state index contributed by atoms with van der Waals surface area (Å²) in [4.78, 5) is 4.24. The lowest BCUT2D eigenvalue weighted by Crippen LogP contribution is -2.08. The molecule has 1 aliphatic heterocycles. The summed E-state index contributed by atoms with van der Waals surface area (Å²) in [6, 6.07) is 4.56. The fourth-order valence-electron chi connectivity index (χ4n) is 2.47. The number of imidazole rings is 1. The third-order valence-electron chi connectivity index (χ3n) is 3.52. The monoisotopic (exact) mass is 249 g/mol. The third-order valence-corrected chi connectivity index (χ3v) is 3.52. The molecule has 3 rings (SSSR count). The Morgan fingerprint density at radius 1 is 1.50 bits per heavy atom. The van der Waals surface area contributed by atoms with Crippen LogP contribution in [0.3, 0.4) is 0 Å². The van der Waals surface area contributed by atoms with Crippen molar-refractivity contribution in [1.82, 2.24) is 9.55 Å². The first-order chi connectivity index (χ1) is 8.74. The lowest BCUT2D eigenvalue weighted by molar-refractivity contribution is 0.183. The predicted octanol–water partition coefficient (Wildman–Crippen LogP) is 2.18. The molecule has 1 saturated heterocycles. The zero-order valence-electron chi connectivity index (χ0n) is 10.1. The molecule has 2 aromatic rings. The van der Waals surface area contributed by atoms with E-state index in [9.17, 15) is 4.39 Å². The summed E-state index contributed by atoms with van der Waals surface area (Å²) in [5.74, 6) is 0.776. The quantitative estimate of drug-likeness (QED) is 0.907. The van der Waals surface area contributed by atoms with E-state index in [2.05, 4.69) is 4.98 Å². The number of hydrogen-bond acceptors (Lipinski definition) is 3. The molecule has 1 aromatic carbocycles. The van der Waals surface area contributed by atoms with Crippen molar-refractivity contribution in [2.75, 3.05) is 18.9 Å². The van der Waals surface area contributed by atoms with Gasteiger partial charge in [0.2, 0.25) is 5.95 Å². The van der Waals surface area contributed by atoms with Gasteiger partial charge in [-0.05, 0) is 37.0 Å². The highest BCUT2D eigenvalue weighted by atomic mass is 19.1. The maximum atomic E-state index is 13.3. The lowest BCUT2D eigenvalue weighted by atomic mass is 10.1. The van der Waals surface area contributed by atoms with Crippen LogP contribution >= 0.6 is 0 Å². The van der Waals surface area contributed by atoms with Crippen LogP contribution in [-0.2, 0) is 11.3 Å². The molecule has 96 valence electrons. The van der Waals surface area contributed by atoms with Gasteiger partial charge in [0.25, 0.3) is 0 Å². The molecule has 0 saturated carbocycles. The van der Waals surface area contributed by atoms with Crippen LogP contribution in [0.25, 0.3) is 11.0 Å². The van der Waals surface area contributed by atoms with Gasteiger partial charge in [0, 0.05) is 19.8 Å². The number of nitrogen functional groups attached to an aromatic ring is 1. The minimum Gasteiger partial charge on any atom is -0.381 e. The van der Waals surface area contributed by atoms with E-state index in [1.165, 1.54) is 12.1 Å². The zero-order chi connectivity index (χ0) is 12.5. The van der Waals surface area contributed by atoms with Gasteiger partial charge in [-0.3, -0.25) is 0 Å². The third kappa shape index (κ3) is 2.06. The Kier molecular flexibility index (Phi) is 2.91. The summed E-state index contributed by atoms with van der Waals surface area (Å²) in [6.07, 6.45) is 2.09. The molecule has 1 unspecified atom stereocenters. The first kappa shape index (κ1) is 11.5. The number of nitrogens with two attached hydrogens (primary N) is 1. The second-order valence-corrected chi connectivity index (χ2v) is 4.77. The summed E-state index contributed by atoms with van der Waals surface area (Å²) >= 11 is 0. The number of ether oxygens (including phenoxy) is 1. The first-order valence-corrected chi connectivity index (χ1v) is 6.23. The second-order valence-electron chi connectivity index (χ2n) is 4.77. The van der Waals surface area contributed by atoms with Crippen LogP contribution in [0.2, 0.25) is 0 Å². The molecule has 18 heavy (non-hydrogen) atoms. The number of aryl methyl sites for hydroxylation is 1. The van der Waals surface area contributed by atoms with E-state index in [1.54, 1.807) is 6.07 Å². The summed E-state index contributed by atoms with van der Waals surface area (Å²) in [5.41, 5.74) is 7.40. The van der Waals surface area contributed by atoms with Crippen molar-refractivity contribution in [2.45, 2.75) is 19.4 Å². The molecule has 4 nitrogen and oxygen atoms in total. The predicted molar refractivity (Wildman–Crippen MR) is 67.6 cm³/mol. The molecule has 1 aromatic heterocycles. The number of hydrogen-bond donors (Lipinski definition) is 1. The largest absolute Gasteiger partial charge is 0.381 e. The van der Waals surface area contributed by atoms with Gasteiger partial charge >= 0.3 is 0 Å². The normalized spacial score (nSPS) is 19.7. The van der Waals surface area contributed by atoms with Gasteiger partial charge < -0.3 is 15.0 Å². The van der Waals surface area contributed by atoms with Crippen molar-refractivity contribution in [3.63, 3.8) is 0 Å². The Balaban J connectivity index is 1.85. The number of fused-ring (bicyclic) bond motifs is 1. The molecule has 2 N–H and O–H groups in total. The van der Waals surface area contributed by atoms with Crippen molar-refractivity contribution >= 4 is 17.0 Å². The molecule has 0 bridgehead atoms. The Bertz CT molecular complexity index is 561. The van der Waals surface area contributed by atoms with E-state index in [1.807, 2.05) is 4.57 Å². The molecule has 0 aliphatic carbocycles. The van der Waals surface area contributed by atoms with Gasteiger partial charge in [-0.2, -0.15) is 0 Å². The van der Waals surface area contributed by atoms with Crippen LogP contribution in [0, 0.1) is 11.7 Å². The van der Waals surface area contributed by atoms with Crippen molar-refractivity contribution < 1.29 is 9.13 Å². The minimum absolute atomic E-state index is 0.257. The molecule has 1 atom stereocenters. The Morgan fingerprint density at radius 2 is 2.39 bits per heavy atom. The Labute approximate surface area is 105 Å². The van der Waals surface area contributed by atoms with E-state index >= 15 is 0 Å². The van der Waals surface area contributed by atoms with E-state index in [0.29, 0.717) is 11.9 Å². The summed E-state index contributed by atoms with van der Waals surface area (Å²) < 4.78 is 20.5. The number of rotatable bonds is 3. The average Bonchev–Trinajstić information content (AvgIpc) is 2.94. The zero-order valence-corrected chi connectivity index (χ0v) is 10.1. The van der Waals surface area contributed by atoms with Crippen LogP contribution < -0.4 is 5.73 Å². The Hall–Kier alpha value is -1.62. The average molecular weight is 249 g/mol. The molecule has 1 aliphatic rings. The highest BCUT2D eigenvalue weighted by molar-refractivity contribution is 5.78. The molecule has 2 heterocycles. The highest BCUT2D eigenvalue weighted by Crippen LogP contribution is 2.22. The maximum absolute atomic E-state index is 13.3. The SMILES string of the molecule is Nc1nc2ccc(F)cc2n1CCC1CCOC1. The number of halogens is 1. The van der Waals surface area contributed by atoms with Crippen molar-refractivity contribution in [3.8, 4) is 0 Å². The van der Waals surface area contributed by atoms with Crippen LogP contribution in [0.15, 0.2) is 18.2 Å². The summed E-state index contributed by atoms with van der Waals surface area (Å²) in [5, 5.41) is 0. The number of anilines is 1. The van der Waals surface area contributed by atoms with Gasteiger partial charge in [-0.15, -0.1) is 0 Å². The van der Waals surface area contributed by atoms with E-state index < -0.39 is 0 Å².